The van der Waals surface area contributed by atoms with E-state index in [-0.39, 0.29) is 11.2 Å². The molecule has 0 spiro atoms. The van der Waals surface area contributed by atoms with Crippen LogP contribution in [0, 0.1) is 5.41 Å². The summed E-state index contributed by atoms with van der Waals surface area (Å²) < 4.78 is 0. The molecule has 1 heteroatoms. The number of Topliss-reactive ketones (excluding diaryl/α,β-unsaturated/α-hetero) is 1. The van der Waals surface area contributed by atoms with E-state index in [0.717, 1.165) is 24.0 Å². The maximum atomic E-state index is 12.1. The van der Waals surface area contributed by atoms with Gasteiger partial charge in [0, 0.05) is 5.57 Å². The molecule has 0 saturated carbocycles. The molecule has 15 heavy (non-hydrogen) atoms. The zero-order chi connectivity index (χ0) is 12.1. The highest BCUT2D eigenvalue weighted by molar-refractivity contribution is 6.08. The molecule has 0 unspecified atom stereocenters. The van der Waals surface area contributed by atoms with E-state index in [9.17, 15) is 4.79 Å². The van der Waals surface area contributed by atoms with E-state index in [1.165, 1.54) is 0 Å². The highest BCUT2D eigenvalue weighted by atomic mass is 16.1. The Balaban J connectivity index is 5.03. The van der Waals surface area contributed by atoms with E-state index >= 15 is 0 Å². The minimum Gasteiger partial charge on any atom is -0.289 e. The zero-order valence-electron chi connectivity index (χ0n) is 11.0. The first kappa shape index (κ1) is 14.2. The van der Waals surface area contributed by atoms with Crippen molar-refractivity contribution in [3.63, 3.8) is 0 Å². The Morgan fingerprint density at radius 1 is 1.20 bits per heavy atom. The van der Waals surface area contributed by atoms with Crippen LogP contribution in [0.3, 0.4) is 0 Å². The van der Waals surface area contributed by atoms with Crippen molar-refractivity contribution < 1.29 is 4.79 Å². The van der Waals surface area contributed by atoms with Crippen LogP contribution in [0.1, 0.15) is 54.4 Å². The molecule has 0 aromatic rings. The Hall–Kier alpha value is -0.850. The van der Waals surface area contributed by atoms with Gasteiger partial charge in [0.15, 0.2) is 5.78 Å². The third-order valence-electron chi connectivity index (χ3n) is 2.93. The van der Waals surface area contributed by atoms with E-state index in [1.54, 1.807) is 0 Å². The number of ketones is 1. The normalized spacial score (nSPS) is 14.3. The third-order valence-corrected chi connectivity index (χ3v) is 2.93. The number of carbonyl (C=O) groups is 1. The van der Waals surface area contributed by atoms with Crippen LogP contribution >= 0.6 is 0 Å². The second-order valence-corrected chi connectivity index (χ2v) is 4.64. The molecular formula is C14H24O. The number of hydrogen-bond acceptors (Lipinski definition) is 1. The lowest BCUT2D eigenvalue weighted by Gasteiger charge is -2.27. The predicted octanol–water partition coefficient (Wildman–Crippen LogP) is 4.29. The molecule has 0 saturated heterocycles. The summed E-state index contributed by atoms with van der Waals surface area (Å²) >= 11 is 0. The van der Waals surface area contributed by atoms with Crippen LogP contribution < -0.4 is 0 Å². The minimum absolute atomic E-state index is 0.00907. The molecule has 0 amide bonds. The fraction of sp³-hybridized carbons (Fsp3) is 0.643. The van der Waals surface area contributed by atoms with Crippen molar-refractivity contribution in [3.05, 3.63) is 23.3 Å². The first-order chi connectivity index (χ1) is 6.90. The van der Waals surface area contributed by atoms with Gasteiger partial charge in [0.1, 0.15) is 0 Å². The van der Waals surface area contributed by atoms with E-state index in [0.29, 0.717) is 0 Å². The first-order valence-corrected chi connectivity index (χ1v) is 5.75. The largest absolute Gasteiger partial charge is 0.289 e. The summed E-state index contributed by atoms with van der Waals surface area (Å²) in [6.07, 6.45) is 6.00. The van der Waals surface area contributed by atoms with E-state index in [1.807, 2.05) is 32.9 Å². The van der Waals surface area contributed by atoms with Crippen LogP contribution in [-0.2, 0) is 4.79 Å². The van der Waals surface area contributed by atoms with Gasteiger partial charge in [-0.25, -0.2) is 0 Å². The Labute approximate surface area is 94.3 Å². The summed E-state index contributed by atoms with van der Waals surface area (Å²) in [5.41, 5.74) is 1.78. The second-order valence-electron chi connectivity index (χ2n) is 4.64. The fourth-order valence-corrected chi connectivity index (χ4v) is 1.93. The number of carbonyl (C=O) groups excluding carboxylic acids is 1. The number of allylic oxidation sites excluding steroid dienone is 4. The van der Waals surface area contributed by atoms with Crippen molar-refractivity contribution >= 4 is 5.78 Å². The quantitative estimate of drug-likeness (QED) is 0.616. The summed E-state index contributed by atoms with van der Waals surface area (Å²) in [4.78, 5) is 12.1. The number of rotatable bonds is 5. The average Bonchev–Trinajstić information content (AvgIpc) is 2.16. The van der Waals surface area contributed by atoms with Gasteiger partial charge in [0.25, 0.3) is 0 Å². The van der Waals surface area contributed by atoms with Crippen LogP contribution in [0.15, 0.2) is 23.3 Å². The van der Waals surface area contributed by atoms with Gasteiger partial charge in [-0.05, 0) is 38.2 Å². The molecule has 1 nitrogen and oxygen atoms in total. The Bertz CT molecular complexity index is 280. The van der Waals surface area contributed by atoms with E-state index < -0.39 is 0 Å². The molecule has 86 valence electrons. The monoisotopic (exact) mass is 208 g/mol. The Kier molecular flexibility index (Phi) is 5.56. The summed E-state index contributed by atoms with van der Waals surface area (Å²) in [5.74, 6) is 0.193. The van der Waals surface area contributed by atoms with Crippen LogP contribution in [-0.4, -0.2) is 5.78 Å². The number of hydrogen-bond donors (Lipinski definition) is 0. The van der Waals surface area contributed by atoms with Crippen molar-refractivity contribution in [1.29, 1.82) is 0 Å². The molecular weight excluding hydrogens is 184 g/mol. The van der Waals surface area contributed by atoms with Crippen LogP contribution in [0.25, 0.3) is 0 Å². The molecule has 0 radical (unpaired) electrons. The third kappa shape index (κ3) is 3.65. The Morgan fingerprint density at radius 2 is 1.73 bits per heavy atom. The maximum absolute atomic E-state index is 12.1. The van der Waals surface area contributed by atoms with Gasteiger partial charge in [-0.2, -0.15) is 0 Å². The van der Waals surface area contributed by atoms with Gasteiger partial charge in [-0.3, -0.25) is 4.79 Å². The van der Waals surface area contributed by atoms with Gasteiger partial charge >= 0.3 is 0 Å². The van der Waals surface area contributed by atoms with Crippen LogP contribution in [0.4, 0.5) is 0 Å². The lowest BCUT2D eigenvalue weighted by molar-refractivity contribution is -0.113. The molecule has 0 atom stereocenters. The SMILES string of the molecule is C/C=C(/C)C(=O)/C(=C\C)C(C)(C)CCC. The first-order valence-electron chi connectivity index (χ1n) is 5.75. The minimum atomic E-state index is -0.00907. The van der Waals surface area contributed by atoms with Crippen molar-refractivity contribution in [2.45, 2.75) is 54.4 Å². The molecule has 0 aliphatic carbocycles. The van der Waals surface area contributed by atoms with Gasteiger partial charge in [-0.1, -0.05) is 39.3 Å². The lowest BCUT2D eigenvalue weighted by atomic mass is 9.77. The summed E-state index contributed by atoms with van der Waals surface area (Å²) in [5, 5.41) is 0. The molecule has 0 N–H and O–H groups in total. The van der Waals surface area contributed by atoms with E-state index in [4.69, 9.17) is 0 Å². The van der Waals surface area contributed by atoms with E-state index in [2.05, 4.69) is 20.8 Å². The van der Waals surface area contributed by atoms with Crippen LogP contribution in [0.2, 0.25) is 0 Å². The summed E-state index contributed by atoms with van der Waals surface area (Å²) in [6.45, 7) is 12.2. The molecule has 0 aromatic heterocycles. The molecule has 0 aliphatic rings. The lowest BCUT2D eigenvalue weighted by Crippen LogP contribution is -2.21. The van der Waals surface area contributed by atoms with Crippen LogP contribution in [0.5, 0.6) is 0 Å². The molecule has 0 fully saturated rings. The molecule has 0 bridgehead atoms. The Morgan fingerprint density at radius 3 is 2.07 bits per heavy atom. The zero-order valence-corrected chi connectivity index (χ0v) is 11.0. The van der Waals surface area contributed by atoms with Gasteiger partial charge < -0.3 is 0 Å². The highest BCUT2D eigenvalue weighted by Crippen LogP contribution is 2.33. The van der Waals surface area contributed by atoms with Crippen molar-refractivity contribution in [2.24, 2.45) is 5.41 Å². The van der Waals surface area contributed by atoms with Crippen molar-refractivity contribution in [2.75, 3.05) is 0 Å². The molecule has 0 aliphatic heterocycles. The average molecular weight is 208 g/mol. The summed E-state index contributed by atoms with van der Waals surface area (Å²) in [6, 6.07) is 0. The smallest absolute Gasteiger partial charge is 0.184 e. The van der Waals surface area contributed by atoms with Crippen molar-refractivity contribution in [3.8, 4) is 0 Å². The van der Waals surface area contributed by atoms with Crippen molar-refractivity contribution in [1.82, 2.24) is 0 Å². The van der Waals surface area contributed by atoms with Gasteiger partial charge in [0.2, 0.25) is 0 Å². The standard InChI is InChI=1S/C14H24O/c1-7-10-14(5,6)12(9-3)13(15)11(4)8-2/h8-9H,7,10H2,1-6H3/b11-8-,12-9+. The summed E-state index contributed by atoms with van der Waals surface area (Å²) in [7, 11) is 0. The second kappa shape index (κ2) is 5.89. The van der Waals surface area contributed by atoms with Gasteiger partial charge in [-0.15, -0.1) is 0 Å². The molecule has 0 aromatic carbocycles. The topological polar surface area (TPSA) is 17.1 Å². The fourth-order valence-electron chi connectivity index (χ4n) is 1.93. The van der Waals surface area contributed by atoms with Gasteiger partial charge in [0.05, 0.1) is 0 Å². The molecule has 0 rings (SSSR count). The predicted molar refractivity (Wildman–Crippen MR) is 66.9 cm³/mol. The highest BCUT2D eigenvalue weighted by Gasteiger charge is 2.27. The maximum Gasteiger partial charge on any atom is 0.184 e. The molecule has 0 heterocycles.